The number of alkyl halides is 3. The number of aliphatic carboxylic acids is 1. The predicted octanol–water partition coefficient (Wildman–Crippen LogP) is 3.02. The molecule has 2 unspecified atom stereocenters. The molecule has 2 rings (SSSR count). The second-order valence-corrected chi connectivity index (χ2v) is 5.58. The summed E-state index contributed by atoms with van der Waals surface area (Å²) >= 11 is 1.26. The van der Waals surface area contributed by atoms with Gasteiger partial charge in [0.25, 0.3) is 0 Å². The van der Waals surface area contributed by atoms with Crippen LogP contribution in [0, 0.1) is 5.82 Å². The lowest BCUT2D eigenvalue weighted by molar-refractivity contribution is -0.140. The van der Waals surface area contributed by atoms with Crippen LogP contribution in [0.5, 0.6) is 0 Å². The maximum Gasteiger partial charge on any atom is 0.416 e. The third-order valence-electron chi connectivity index (χ3n) is 2.89. The van der Waals surface area contributed by atoms with Crippen LogP contribution in [0.25, 0.3) is 0 Å². The fourth-order valence-corrected chi connectivity index (χ4v) is 3.13. The number of hydrogen-bond donors (Lipinski definition) is 2. The van der Waals surface area contributed by atoms with E-state index in [0.717, 1.165) is 12.1 Å². The molecule has 1 saturated heterocycles. The summed E-state index contributed by atoms with van der Waals surface area (Å²) in [7, 11) is 0. The summed E-state index contributed by atoms with van der Waals surface area (Å²) in [6, 6.07) is 1.42. The molecule has 0 bridgehead atoms. The highest BCUT2D eigenvalue weighted by atomic mass is 32.2. The van der Waals surface area contributed by atoms with Gasteiger partial charge in [-0.1, -0.05) is 0 Å². The minimum absolute atomic E-state index is 0.0910. The number of nitrogens with one attached hydrogen (secondary N) is 1. The molecule has 1 fully saturated rings. The molecule has 0 saturated carbocycles. The molecule has 1 aromatic carbocycles. The molecule has 1 aliphatic rings. The molecule has 1 heterocycles. The first-order chi connectivity index (χ1) is 9.27. The quantitative estimate of drug-likeness (QED) is 0.825. The molecule has 20 heavy (non-hydrogen) atoms. The second kappa shape index (κ2) is 5.61. The van der Waals surface area contributed by atoms with Gasteiger partial charge < -0.3 is 5.11 Å². The van der Waals surface area contributed by atoms with Crippen LogP contribution in [-0.4, -0.2) is 22.9 Å². The topological polar surface area (TPSA) is 49.3 Å². The average Bonchev–Trinajstić information content (AvgIpc) is 2.37. The van der Waals surface area contributed by atoms with Gasteiger partial charge >= 0.3 is 12.1 Å². The van der Waals surface area contributed by atoms with Gasteiger partial charge in [-0.2, -0.15) is 13.2 Å². The Morgan fingerprint density at radius 2 is 2.05 bits per heavy atom. The zero-order valence-corrected chi connectivity index (χ0v) is 10.9. The normalized spacial score (nSPS) is 23.6. The van der Waals surface area contributed by atoms with Crippen LogP contribution < -0.4 is 5.32 Å². The first-order valence-corrected chi connectivity index (χ1v) is 6.80. The van der Waals surface area contributed by atoms with E-state index in [1.807, 2.05) is 0 Å². The Balaban J connectivity index is 2.28. The number of benzene rings is 1. The molecule has 2 atom stereocenters. The van der Waals surface area contributed by atoms with E-state index in [0.29, 0.717) is 18.2 Å². The minimum atomic E-state index is -4.64. The number of carboxylic acid groups (broad SMARTS) is 1. The lowest BCUT2D eigenvalue weighted by Gasteiger charge is -2.28. The van der Waals surface area contributed by atoms with Gasteiger partial charge in [0.2, 0.25) is 0 Å². The molecule has 2 N–H and O–H groups in total. The average molecular weight is 309 g/mol. The van der Waals surface area contributed by atoms with Crippen molar-refractivity contribution in [3.05, 3.63) is 35.1 Å². The maximum atomic E-state index is 13.3. The van der Waals surface area contributed by atoms with Crippen LogP contribution in [0.15, 0.2) is 18.2 Å². The van der Waals surface area contributed by atoms with Gasteiger partial charge in [0, 0.05) is 0 Å². The van der Waals surface area contributed by atoms with Gasteiger partial charge in [0.15, 0.2) is 0 Å². The number of carboxylic acids is 1. The summed E-state index contributed by atoms with van der Waals surface area (Å²) in [5.74, 6) is -1.58. The largest absolute Gasteiger partial charge is 0.480 e. The highest BCUT2D eigenvalue weighted by Gasteiger charge is 2.33. The van der Waals surface area contributed by atoms with Crippen molar-refractivity contribution in [1.82, 2.24) is 5.32 Å². The lowest BCUT2D eigenvalue weighted by atomic mass is 10.1. The molecule has 1 aliphatic heterocycles. The van der Waals surface area contributed by atoms with Gasteiger partial charge in [-0.25, -0.2) is 4.39 Å². The van der Waals surface area contributed by atoms with Crippen molar-refractivity contribution in [3.63, 3.8) is 0 Å². The van der Waals surface area contributed by atoms with Crippen LogP contribution in [0.3, 0.4) is 0 Å². The monoisotopic (exact) mass is 309 g/mol. The first kappa shape index (κ1) is 15.1. The van der Waals surface area contributed by atoms with Crippen LogP contribution >= 0.6 is 11.8 Å². The zero-order chi connectivity index (χ0) is 14.9. The summed E-state index contributed by atoms with van der Waals surface area (Å²) in [4.78, 5) is 10.9. The highest BCUT2D eigenvalue weighted by Crippen LogP contribution is 2.36. The van der Waals surface area contributed by atoms with E-state index < -0.39 is 34.9 Å². The fourth-order valence-electron chi connectivity index (χ4n) is 1.93. The van der Waals surface area contributed by atoms with Crippen LogP contribution in [0.4, 0.5) is 17.6 Å². The number of rotatable bonds is 2. The third-order valence-corrected chi connectivity index (χ3v) is 4.10. The van der Waals surface area contributed by atoms with E-state index in [1.165, 1.54) is 11.8 Å². The predicted molar refractivity (Wildman–Crippen MR) is 65.8 cm³/mol. The number of halogens is 4. The van der Waals surface area contributed by atoms with Gasteiger partial charge in [0.1, 0.15) is 11.9 Å². The fraction of sp³-hybridized carbons (Fsp3) is 0.417. The molecular formula is C12H11F4NO2S. The Kier molecular flexibility index (Phi) is 4.24. The van der Waals surface area contributed by atoms with E-state index >= 15 is 0 Å². The summed E-state index contributed by atoms with van der Waals surface area (Å²) in [5, 5.41) is 11.0. The molecule has 8 heteroatoms. The minimum Gasteiger partial charge on any atom is -0.480 e. The van der Waals surface area contributed by atoms with Crippen molar-refractivity contribution in [1.29, 1.82) is 0 Å². The Morgan fingerprint density at radius 3 is 2.65 bits per heavy atom. The van der Waals surface area contributed by atoms with Gasteiger partial charge in [-0.15, -0.1) is 11.8 Å². The van der Waals surface area contributed by atoms with E-state index in [4.69, 9.17) is 5.11 Å². The molecule has 0 radical (unpaired) electrons. The van der Waals surface area contributed by atoms with E-state index in [1.54, 1.807) is 0 Å². The number of thioether (sulfide) groups is 1. The van der Waals surface area contributed by atoms with Crippen molar-refractivity contribution < 1.29 is 27.5 Å². The Bertz CT molecular complexity index is 521. The number of hydrogen-bond acceptors (Lipinski definition) is 3. The van der Waals surface area contributed by atoms with Crippen molar-refractivity contribution in [2.75, 3.05) is 5.75 Å². The van der Waals surface area contributed by atoms with Crippen LogP contribution in [0.1, 0.15) is 22.9 Å². The molecular weight excluding hydrogens is 298 g/mol. The summed E-state index contributed by atoms with van der Waals surface area (Å²) < 4.78 is 51.2. The molecule has 0 amide bonds. The second-order valence-electron chi connectivity index (χ2n) is 4.37. The Hall–Kier alpha value is -1.28. The highest BCUT2D eigenvalue weighted by molar-refractivity contribution is 7.99. The zero-order valence-electron chi connectivity index (χ0n) is 10.1. The standard InChI is InChI=1S/C12H11F4NO2S/c13-8-4-6(3-7(5-8)12(14,15)16)10-17-9(11(18)19)1-2-20-10/h3-5,9-10,17H,1-2H2,(H,18,19). The SMILES string of the molecule is O=C(O)C1CCSC(c2cc(F)cc(C(F)(F)F)c2)N1. The molecule has 3 nitrogen and oxygen atoms in total. The van der Waals surface area contributed by atoms with Crippen molar-refractivity contribution in [3.8, 4) is 0 Å². The summed E-state index contributed by atoms with van der Waals surface area (Å²) in [5.41, 5.74) is -0.986. The van der Waals surface area contributed by atoms with Crippen LogP contribution in [-0.2, 0) is 11.0 Å². The number of carbonyl (C=O) groups is 1. The molecule has 0 aliphatic carbocycles. The van der Waals surface area contributed by atoms with Gasteiger partial charge in [-0.3, -0.25) is 10.1 Å². The molecule has 110 valence electrons. The summed E-state index contributed by atoms with van der Waals surface area (Å²) in [6.45, 7) is 0. The Labute approximate surface area is 116 Å². The third kappa shape index (κ3) is 3.43. The molecule has 0 aromatic heterocycles. The molecule has 1 aromatic rings. The van der Waals surface area contributed by atoms with Crippen LogP contribution in [0.2, 0.25) is 0 Å². The van der Waals surface area contributed by atoms with Crippen molar-refractivity contribution >= 4 is 17.7 Å². The van der Waals surface area contributed by atoms with E-state index in [9.17, 15) is 22.4 Å². The first-order valence-electron chi connectivity index (χ1n) is 5.75. The van der Waals surface area contributed by atoms with Gasteiger partial charge in [-0.05, 0) is 35.9 Å². The lowest BCUT2D eigenvalue weighted by Crippen LogP contribution is -2.41. The van der Waals surface area contributed by atoms with E-state index in [-0.39, 0.29) is 5.56 Å². The maximum absolute atomic E-state index is 13.3. The van der Waals surface area contributed by atoms with Crippen molar-refractivity contribution in [2.45, 2.75) is 24.0 Å². The Morgan fingerprint density at radius 1 is 1.35 bits per heavy atom. The molecule has 0 spiro atoms. The summed E-state index contributed by atoms with van der Waals surface area (Å²) in [6.07, 6.45) is -4.26. The van der Waals surface area contributed by atoms with Gasteiger partial charge in [0.05, 0.1) is 10.9 Å². The smallest absolute Gasteiger partial charge is 0.416 e. The van der Waals surface area contributed by atoms with Crippen molar-refractivity contribution in [2.24, 2.45) is 0 Å². The van der Waals surface area contributed by atoms with E-state index in [2.05, 4.69) is 5.32 Å².